The van der Waals surface area contributed by atoms with Crippen molar-refractivity contribution < 1.29 is 4.79 Å². The van der Waals surface area contributed by atoms with E-state index in [4.69, 9.17) is 0 Å². The first kappa shape index (κ1) is 12.6. The summed E-state index contributed by atoms with van der Waals surface area (Å²) >= 11 is 0. The van der Waals surface area contributed by atoms with Crippen molar-refractivity contribution in [1.29, 1.82) is 0 Å². The number of nitrogens with zero attached hydrogens (tertiary/aromatic N) is 3. The lowest BCUT2D eigenvalue weighted by molar-refractivity contribution is -0.120. The maximum absolute atomic E-state index is 11.3. The molecule has 2 rings (SSSR count). The summed E-state index contributed by atoms with van der Waals surface area (Å²) in [5.74, 6) is 1.64. The van der Waals surface area contributed by atoms with Crippen LogP contribution < -0.4 is 15.5 Å². The fraction of sp³-hybridized carbons (Fsp3) is 0.583. The van der Waals surface area contributed by atoms with Gasteiger partial charge in [-0.2, -0.15) is 4.98 Å². The Hall–Kier alpha value is -1.85. The molecule has 1 saturated heterocycles. The molecule has 0 bridgehead atoms. The molecule has 1 aliphatic rings. The number of carbonyl (C=O) groups excluding carboxylic acids is 1. The third kappa shape index (κ3) is 3.09. The van der Waals surface area contributed by atoms with Crippen LogP contribution >= 0.6 is 0 Å². The lowest BCUT2D eigenvalue weighted by Crippen LogP contribution is -2.29. The minimum Gasteiger partial charge on any atom is -0.354 e. The molecule has 2 heterocycles. The molecule has 1 fully saturated rings. The first-order chi connectivity index (χ1) is 8.69. The van der Waals surface area contributed by atoms with Crippen LogP contribution in [0.25, 0.3) is 0 Å². The number of rotatable bonds is 3. The number of aromatic nitrogens is 2. The van der Waals surface area contributed by atoms with Gasteiger partial charge in [0.1, 0.15) is 5.82 Å². The first-order valence-corrected chi connectivity index (χ1v) is 6.30. The van der Waals surface area contributed by atoms with E-state index in [1.807, 2.05) is 19.9 Å². The van der Waals surface area contributed by atoms with E-state index in [-0.39, 0.29) is 5.91 Å². The summed E-state index contributed by atoms with van der Waals surface area (Å²) in [7, 11) is 0. The minimum atomic E-state index is 0.107. The minimum absolute atomic E-state index is 0.107. The summed E-state index contributed by atoms with van der Waals surface area (Å²) in [6.45, 7) is 6.91. The zero-order chi connectivity index (χ0) is 13.0. The van der Waals surface area contributed by atoms with E-state index in [1.165, 1.54) is 0 Å². The lowest BCUT2D eigenvalue weighted by atomic mass is 10.3. The average Bonchev–Trinajstić information content (AvgIpc) is 2.54. The molecule has 18 heavy (non-hydrogen) atoms. The Bertz CT molecular complexity index is 434. The predicted octanol–water partition coefficient (Wildman–Crippen LogP) is 0.543. The van der Waals surface area contributed by atoms with E-state index >= 15 is 0 Å². The Kier molecular flexibility index (Phi) is 3.96. The third-order valence-electron chi connectivity index (χ3n) is 2.81. The largest absolute Gasteiger partial charge is 0.354 e. The van der Waals surface area contributed by atoms with Gasteiger partial charge in [0.25, 0.3) is 0 Å². The van der Waals surface area contributed by atoms with Gasteiger partial charge in [0.2, 0.25) is 11.9 Å². The van der Waals surface area contributed by atoms with Crippen molar-refractivity contribution in [3.05, 3.63) is 11.8 Å². The van der Waals surface area contributed by atoms with Gasteiger partial charge in [-0.1, -0.05) is 0 Å². The molecular weight excluding hydrogens is 230 g/mol. The van der Waals surface area contributed by atoms with Crippen LogP contribution in [0.1, 0.15) is 19.0 Å². The molecule has 0 atom stereocenters. The quantitative estimate of drug-likeness (QED) is 0.818. The molecule has 1 aliphatic heterocycles. The highest BCUT2D eigenvalue weighted by molar-refractivity contribution is 5.77. The topological polar surface area (TPSA) is 70.2 Å². The Balaban J connectivity index is 2.18. The monoisotopic (exact) mass is 249 g/mol. The van der Waals surface area contributed by atoms with Crippen molar-refractivity contribution in [1.82, 2.24) is 15.3 Å². The predicted molar refractivity (Wildman–Crippen MR) is 70.8 cm³/mol. The number of carbonyl (C=O) groups is 1. The molecule has 0 spiro atoms. The highest BCUT2D eigenvalue weighted by Crippen LogP contribution is 2.15. The maximum atomic E-state index is 11.3. The Morgan fingerprint density at radius 3 is 3.06 bits per heavy atom. The summed E-state index contributed by atoms with van der Waals surface area (Å²) in [4.78, 5) is 22.2. The second kappa shape index (κ2) is 5.66. The summed E-state index contributed by atoms with van der Waals surface area (Å²) in [5.41, 5.74) is 0.930. The molecule has 6 nitrogen and oxygen atoms in total. The van der Waals surface area contributed by atoms with Crippen LogP contribution in [-0.2, 0) is 4.79 Å². The van der Waals surface area contributed by atoms with Gasteiger partial charge in [0.05, 0.1) is 0 Å². The second-order valence-electron chi connectivity index (χ2n) is 4.31. The van der Waals surface area contributed by atoms with Gasteiger partial charge in [0, 0.05) is 44.4 Å². The van der Waals surface area contributed by atoms with Gasteiger partial charge in [0.15, 0.2) is 0 Å². The molecule has 1 aromatic heterocycles. The highest BCUT2D eigenvalue weighted by atomic mass is 16.1. The smallest absolute Gasteiger partial charge is 0.224 e. The van der Waals surface area contributed by atoms with Crippen LogP contribution in [0.3, 0.4) is 0 Å². The number of hydrogen-bond acceptors (Lipinski definition) is 5. The summed E-state index contributed by atoms with van der Waals surface area (Å²) < 4.78 is 0. The van der Waals surface area contributed by atoms with Gasteiger partial charge in [-0.3, -0.25) is 4.79 Å². The molecule has 0 aromatic carbocycles. The molecule has 0 saturated carbocycles. The normalized spacial score (nSPS) is 16.1. The standard InChI is InChI=1S/C12H19N5O/c1-3-13-12-15-9(2)8-10(16-12)17-6-4-11(18)14-5-7-17/h8H,3-7H2,1-2H3,(H,14,18)(H,13,15,16). The van der Waals surface area contributed by atoms with E-state index in [2.05, 4.69) is 25.5 Å². The molecule has 6 heteroatoms. The zero-order valence-corrected chi connectivity index (χ0v) is 10.9. The highest BCUT2D eigenvalue weighted by Gasteiger charge is 2.15. The number of amides is 1. The Labute approximate surface area is 107 Å². The molecule has 0 aliphatic carbocycles. The van der Waals surface area contributed by atoms with E-state index in [1.54, 1.807) is 0 Å². The fourth-order valence-electron chi connectivity index (χ4n) is 1.95. The van der Waals surface area contributed by atoms with Gasteiger partial charge in [-0.05, 0) is 13.8 Å². The van der Waals surface area contributed by atoms with Crippen molar-refractivity contribution in [3.63, 3.8) is 0 Å². The van der Waals surface area contributed by atoms with Crippen LogP contribution in [0.4, 0.5) is 11.8 Å². The van der Waals surface area contributed by atoms with E-state index < -0.39 is 0 Å². The Morgan fingerprint density at radius 2 is 2.28 bits per heavy atom. The van der Waals surface area contributed by atoms with Crippen molar-refractivity contribution in [3.8, 4) is 0 Å². The fourth-order valence-corrected chi connectivity index (χ4v) is 1.95. The molecule has 98 valence electrons. The van der Waals surface area contributed by atoms with Gasteiger partial charge in [-0.15, -0.1) is 0 Å². The van der Waals surface area contributed by atoms with E-state index in [9.17, 15) is 4.79 Å². The van der Waals surface area contributed by atoms with Gasteiger partial charge in [-0.25, -0.2) is 4.98 Å². The number of nitrogens with one attached hydrogen (secondary N) is 2. The molecule has 0 radical (unpaired) electrons. The summed E-state index contributed by atoms with van der Waals surface area (Å²) in [5, 5.41) is 5.98. The summed E-state index contributed by atoms with van der Waals surface area (Å²) in [6, 6.07) is 1.95. The average molecular weight is 249 g/mol. The number of aryl methyl sites for hydroxylation is 1. The van der Waals surface area contributed by atoms with E-state index in [0.29, 0.717) is 25.5 Å². The van der Waals surface area contributed by atoms with Crippen LogP contribution in [0.5, 0.6) is 0 Å². The van der Waals surface area contributed by atoms with E-state index in [0.717, 1.165) is 24.6 Å². The first-order valence-electron chi connectivity index (χ1n) is 6.30. The van der Waals surface area contributed by atoms with Crippen LogP contribution in [-0.4, -0.2) is 42.1 Å². The van der Waals surface area contributed by atoms with Crippen molar-refractivity contribution in [2.45, 2.75) is 20.3 Å². The summed E-state index contributed by atoms with van der Waals surface area (Å²) in [6.07, 6.45) is 0.513. The second-order valence-corrected chi connectivity index (χ2v) is 4.31. The molecule has 2 N–H and O–H groups in total. The lowest BCUT2D eigenvalue weighted by Gasteiger charge is -2.21. The third-order valence-corrected chi connectivity index (χ3v) is 2.81. The molecule has 1 amide bonds. The van der Waals surface area contributed by atoms with Crippen molar-refractivity contribution in [2.24, 2.45) is 0 Å². The van der Waals surface area contributed by atoms with Crippen LogP contribution in [0.15, 0.2) is 6.07 Å². The van der Waals surface area contributed by atoms with Crippen LogP contribution in [0, 0.1) is 6.92 Å². The number of anilines is 2. The van der Waals surface area contributed by atoms with Crippen LogP contribution in [0.2, 0.25) is 0 Å². The zero-order valence-electron chi connectivity index (χ0n) is 10.9. The van der Waals surface area contributed by atoms with Gasteiger partial charge >= 0.3 is 0 Å². The SMILES string of the molecule is CCNc1nc(C)cc(N2CCNC(=O)CC2)n1. The van der Waals surface area contributed by atoms with Crippen molar-refractivity contribution in [2.75, 3.05) is 36.4 Å². The number of hydrogen-bond donors (Lipinski definition) is 2. The molecule has 0 unspecified atom stereocenters. The Morgan fingerprint density at radius 1 is 1.44 bits per heavy atom. The van der Waals surface area contributed by atoms with Crippen molar-refractivity contribution >= 4 is 17.7 Å². The molecule has 1 aromatic rings. The molecular formula is C12H19N5O. The maximum Gasteiger partial charge on any atom is 0.224 e. The van der Waals surface area contributed by atoms with Gasteiger partial charge < -0.3 is 15.5 Å².